The number of methoxy groups -OCH3 is 2. The molecule has 6 nitrogen and oxygen atoms in total. The van der Waals surface area contributed by atoms with E-state index in [9.17, 15) is 0 Å². The van der Waals surface area contributed by atoms with E-state index in [2.05, 4.69) is 21.3 Å². The van der Waals surface area contributed by atoms with Crippen molar-refractivity contribution in [3.63, 3.8) is 0 Å². The van der Waals surface area contributed by atoms with E-state index in [-0.39, 0.29) is 6.10 Å². The van der Waals surface area contributed by atoms with Crippen LogP contribution in [0.2, 0.25) is 0 Å². The van der Waals surface area contributed by atoms with Gasteiger partial charge in [-0.1, -0.05) is 6.07 Å². The first-order valence-corrected chi connectivity index (χ1v) is 9.40. The van der Waals surface area contributed by atoms with E-state index < -0.39 is 0 Å². The van der Waals surface area contributed by atoms with Crippen molar-refractivity contribution in [2.75, 3.05) is 39.7 Å². The van der Waals surface area contributed by atoms with Crippen molar-refractivity contribution in [1.82, 2.24) is 9.88 Å². The van der Waals surface area contributed by atoms with E-state index in [0.29, 0.717) is 0 Å². The van der Waals surface area contributed by atoms with Gasteiger partial charge in [-0.3, -0.25) is 4.90 Å². The van der Waals surface area contributed by atoms with Crippen LogP contribution < -0.4 is 14.8 Å². The minimum atomic E-state index is 0.274. The molecular weight excluding hydrogens is 342 g/mol. The Labute approximate surface area is 161 Å². The van der Waals surface area contributed by atoms with E-state index in [1.54, 1.807) is 14.2 Å². The SMILES string of the molecule is CNc1ncccc1CN(Cc1cc(OC)ccc1OC)CC1CCCO1. The molecule has 146 valence electrons. The number of nitrogens with one attached hydrogen (secondary N) is 1. The summed E-state index contributed by atoms with van der Waals surface area (Å²) in [4.78, 5) is 6.83. The number of rotatable bonds is 9. The fourth-order valence-electron chi connectivity index (χ4n) is 3.54. The number of hydrogen-bond donors (Lipinski definition) is 1. The lowest BCUT2D eigenvalue weighted by Crippen LogP contribution is -2.32. The largest absolute Gasteiger partial charge is 0.497 e. The van der Waals surface area contributed by atoms with Crippen LogP contribution in [0.4, 0.5) is 5.82 Å². The number of hydrogen-bond acceptors (Lipinski definition) is 6. The smallest absolute Gasteiger partial charge is 0.130 e. The van der Waals surface area contributed by atoms with E-state index >= 15 is 0 Å². The van der Waals surface area contributed by atoms with Gasteiger partial charge in [-0.15, -0.1) is 0 Å². The molecule has 0 radical (unpaired) electrons. The Morgan fingerprint density at radius 2 is 2.04 bits per heavy atom. The zero-order chi connectivity index (χ0) is 19.1. The molecule has 1 aliphatic rings. The van der Waals surface area contributed by atoms with Gasteiger partial charge in [0.05, 0.1) is 20.3 Å². The highest BCUT2D eigenvalue weighted by molar-refractivity contribution is 5.43. The molecule has 1 atom stereocenters. The molecular formula is C21H29N3O3. The Bertz CT molecular complexity index is 732. The van der Waals surface area contributed by atoms with Gasteiger partial charge < -0.3 is 19.5 Å². The lowest BCUT2D eigenvalue weighted by molar-refractivity contribution is 0.0676. The van der Waals surface area contributed by atoms with Crippen LogP contribution in [0.1, 0.15) is 24.0 Å². The van der Waals surface area contributed by atoms with Crippen molar-refractivity contribution in [3.8, 4) is 11.5 Å². The molecule has 1 N–H and O–H groups in total. The van der Waals surface area contributed by atoms with Crippen LogP contribution in [0, 0.1) is 0 Å². The number of anilines is 1. The highest BCUT2D eigenvalue weighted by Crippen LogP contribution is 2.27. The average Bonchev–Trinajstić information content (AvgIpc) is 3.21. The summed E-state index contributed by atoms with van der Waals surface area (Å²) in [6, 6.07) is 10.0. The molecule has 1 unspecified atom stereocenters. The summed E-state index contributed by atoms with van der Waals surface area (Å²) in [6.45, 7) is 3.26. The molecule has 0 bridgehead atoms. The summed E-state index contributed by atoms with van der Waals surface area (Å²) in [5.41, 5.74) is 2.27. The third-order valence-corrected chi connectivity index (χ3v) is 4.89. The molecule has 0 saturated carbocycles. The van der Waals surface area contributed by atoms with E-state index in [1.807, 2.05) is 37.5 Å². The van der Waals surface area contributed by atoms with Gasteiger partial charge in [-0.05, 0) is 37.1 Å². The maximum atomic E-state index is 5.89. The molecule has 2 aromatic rings. The van der Waals surface area contributed by atoms with Gasteiger partial charge in [0, 0.05) is 50.6 Å². The maximum absolute atomic E-state index is 5.89. The van der Waals surface area contributed by atoms with E-state index in [1.165, 1.54) is 5.56 Å². The predicted molar refractivity (Wildman–Crippen MR) is 106 cm³/mol. The van der Waals surface area contributed by atoms with E-state index in [4.69, 9.17) is 14.2 Å². The topological polar surface area (TPSA) is 55.9 Å². The van der Waals surface area contributed by atoms with Crippen LogP contribution >= 0.6 is 0 Å². The van der Waals surface area contributed by atoms with Gasteiger partial charge >= 0.3 is 0 Å². The van der Waals surface area contributed by atoms with Gasteiger partial charge in [-0.25, -0.2) is 4.98 Å². The van der Waals surface area contributed by atoms with Gasteiger partial charge in [0.2, 0.25) is 0 Å². The molecule has 2 heterocycles. The van der Waals surface area contributed by atoms with Crippen LogP contribution in [0.25, 0.3) is 0 Å². The minimum Gasteiger partial charge on any atom is -0.497 e. The predicted octanol–water partition coefficient (Wildman–Crippen LogP) is 3.32. The fourth-order valence-corrected chi connectivity index (χ4v) is 3.54. The first-order valence-electron chi connectivity index (χ1n) is 9.40. The third-order valence-electron chi connectivity index (χ3n) is 4.89. The highest BCUT2D eigenvalue weighted by atomic mass is 16.5. The van der Waals surface area contributed by atoms with Crippen molar-refractivity contribution < 1.29 is 14.2 Å². The van der Waals surface area contributed by atoms with Gasteiger partial charge in [0.15, 0.2) is 0 Å². The molecule has 1 fully saturated rings. The molecule has 0 amide bonds. The zero-order valence-corrected chi connectivity index (χ0v) is 16.4. The van der Waals surface area contributed by atoms with Gasteiger partial charge in [0.1, 0.15) is 17.3 Å². The van der Waals surface area contributed by atoms with Crippen LogP contribution in [0.15, 0.2) is 36.5 Å². The van der Waals surface area contributed by atoms with Crippen molar-refractivity contribution in [2.24, 2.45) is 0 Å². The van der Waals surface area contributed by atoms with E-state index in [0.717, 1.165) is 62.0 Å². The fraction of sp³-hybridized carbons (Fsp3) is 0.476. The summed E-state index contributed by atoms with van der Waals surface area (Å²) in [7, 11) is 5.29. The first-order chi connectivity index (χ1) is 13.2. The first kappa shape index (κ1) is 19.5. The summed E-state index contributed by atoms with van der Waals surface area (Å²) in [6.07, 6.45) is 4.33. The molecule has 0 spiro atoms. The summed E-state index contributed by atoms with van der Waals surface area (Å²) in [5.74, 6) is 2.61. The van der Waals surface area contributed by atoms with Gasteiger partial charge in [-0.2, -0.15) is 0 Å². The molecule has 3 rings (SSSR count). The number of ether oxygens (including phenoxy) is 3. The molecule has 6 heteroatoms. The second-order valence-electron chi connectivity index (χ2n) is 6.74. The Morgan fingerprint density at radius 1 is 1.19 bits per heavy atom. The summed E-state index contributed by atoms with van der Waals surface area (Å²) >= 11 is 0. The number of nitrogens with zero attached hydrogens (tertiary/aromatic N) is 2. The average molecular weight is 371 g/mol. The maximum Gasteiger partial charge on any atom is 0.130 e. The molecule has 1 saturated heterocycles. The van der Waals surface area contributed by atoms with Crippen molar-refractivity contribution in [3.05, 3.63) is 47.7 Å². The molecule has 1 aromatic heterocycles. The van der Waals surface area contributed by atoms with Crippen LogP contribution in [-0.4, -0.2) is 50.4 Å². The van der Waals surface area contributed by atoms with Crippen LogP contribution in [0.5, 0.6) is 11.5 Å². The summed E-state index contributed by atoms with van der Waals surface area (Å²) < 4.78 is 16.9. The normalized spacial score (nSPS) is 16.5. The Morgan fingerprint density at radius 3 is 2.74 bits per heavy atom. The standard InChI is InChI=1S/C21H29N3O3/c1-22-21-16(6-4-10-23-21)13-24(15-19-7-5-11-27-19)14-17-12-18(25-2)8-9-20(17)26-3/h4,6,8-10,12,19H,5,7,11,13-15H2,1-3H3,(H,22,23). The molecule has 1 aromatic carbocycles. The van der Waals surface area contributed by atoms with Crippen molar-refractivity contribution in [1.29, 1.82) is 0 Å². The lowest BCUT2D eigenvalue weighted by atomic mass is 10.1. The number of benzene rings is 1. The quantitative estimate of drug-likeness (QED) is 0.730. The Kier molecular flexibility index (Phi) is 6.90. The van der Waals surface area contributed by atoms with Crippen LogP contribution in [0.3, 0.4) is 0 Å². The lowest BCUT2D eigenvalue weighted by Gasteiger charge is -2.27. The molecule has 27 heavy (non-hydrogen) atoms. The highest BCUT2D eigenvalue weighted by Gasteiger charge is 2.21. The van der Waals surface area contributed by atoms with Crippen LogP contribution in [-0.2, 0) is 17.8 Å². The zero-order valence-electron chi connectivity index (χ0n) is 16.4. The minimum absolute atomic E-state index is 0.274. The summed E-state index contributed by atoms with van der Waals surface area (Å²) in [5, 5.41) is 3.19. The van der Waals surface area contributed by atoms with Crippen molar-refractivity contribution >= 4 is 5.82 Å². The van der Waals surface area contributed by atoms with Crippen molar-refractivity contribution in [2.45, 2.75) is 32.0 Å². The number of aromatic nitrogens is 1. The second kappa shape index (κ2) is 9.58. The van der Waals surface area contributed by atoms with Gasteiger partial charge in [0.25, 0.3) is 0 Å². The monoisotopic (exact) mass is 371 g/mol. The Balaban J connectivity index is 1.83. The molecule has 0 aliphatic carbocycles. The Hall–Kier alpha value is -2.31. The second-order valence-corrected chi connectivity index (χ2v) is 6.74. The number of pyridine rings is 1. The third kappa shape index (κ3) is 5.11. The molecule has 1 aliphatic heterocycles.